The molecule has 1 aliphatic rings. The Labute approximate surface area is 134 Å². The fraction of sp³-hybridized carbons (Fsp3) is 0.412. The molecule has 0 spiro atoms. The van der Waals surface area contributed by atoms with E-state index in [0.29, 0.717) is 19.1 Å². The van der Waals surface area contributed by atoms with Crippen LogP contribution in [-0.2, 0) is 4.79 Å². The van der Waals surface area contributed by atoms with Crippen molar-refractivity contribution < 1.29 is 9.69 Å². The van der Waals surface area contributed by atoms with E-state index in [2.05, 4.69) is 23.4 Å². The van der Waals surface area contributed by atoms with Gasteiger partial charge in [-0.25, -0.2) is 4.98 Å². The van der Waals surface area contributed by atoms with Crippen molar-refractivity contribution >= 4 is 27.5 Å². The number of nitrogens with one attached hydrogen (secondary N) is 2. The zero-order chi connectivity index (χ0) is 15.4. The molecule has 0 bridgehead atoms. The summed E-state index contributed by atoms with van der Waals surface area (Å²) in [4.78, 5) is 18.1. The number of para-hydroxylation sites is 1. The van der Waals surface area contributed by atoms with E-state index < -0.39 is 0 Å². The van der Waals surface area contributed by atoms with Crippen LogP contribution in [0.1, 0.15) is 30.3 Å². The number of carbonyl (C=O) groups is 1. The Morgan fingerprint density at radius 3 is 3.14 bits per heavy atom. The molecule has 2 aromatic rings. The molecule has 0 saturated carbocycles. The van der Waals surface area contributed by atoms with Gasteiger partial charge in [-0.05, 0) is 25.0 Å². The number of thiazole rings is 1. The van der Waals surface area contributed by atoms with Crippen LogP contribution >= 0.6 is 11.3 Å². The first-order chi connectivity index (χ1) is 10.8. The van der Waals surface area contributed by atoms with Crippen LogP contribution < -0.4 is 10.2 Å². The normalized spacial score (nSPS) is 21.4. The Hall–Kier alpha value is -1.90. The maximum atomic E-state index is 12.0. The minimum absolute atomic E-state index is 0.0287. The third-order valence-electron chi connectivity index (χ3n) is 4.12. The summed E-state index contributed by atoms with van der Waals surface area (Å²) < 4.78 is 1.22. The minimum Gasteiger partial charge on any atom is -0.340 e. The van der Waals surface area contributed by atoms with Crippen LogP contribution in [0, 0.1) is 12.3 Å². The summed E-state index contributed by atoms with van der Waals surface area (Å²) in [5.41, 5.74) is 1.06. The lowest BCUT2D eigenvalue weighted by atomic mass is 10.0. The van der Waals surface area contributed by atoms with Crippen molar-refractivity contribution in [3.63, 3.8) is 0 Å². The molecule has 114 valence electrons. The molecule has 2 N–H and O–H groups in total. The molecule has 2 atom stereocenters. The van der Waals surface area contributed by atoms with Gasteiger partial charge in [-0.15, -0.1) is 17.8 Å². The number of quaternary nitrogens is 1. The van der Waals surface area contributed by atoms with E-state index in [0.717, 1.165) is 23.5 Å². The molecule has 1 aromatic heterocycles. The van der Waals surface area contributed by atoms with Crippen molar-refractivity contribution in [3.8, 4) is 12.3 Å². The van der Waals surface area contributed by atoms with Crippen LogP contribution in [0.25, 0.3) is 10.2 Å². The average molecular weight is 314 g/mol. The Morgan fingerprint density at radius 2 is 2.32 bits per heavy atom. The fourth-order valence-electron chi connectivity index (χ4n) is 3.05. The van der Waals surface area contributed by atoms with Gasteiger partial charge < -0.3 is 10.2 Å². The second kappa shape index (κ2) is 6.91. The highest BCUT2D eigenvalue weighted by Gasteiger charge is 2.31. The van der Waals surface area contributed by atoms with Crippen molar-refractivity contribution in [1.82, 2.24) is 10.3 Å². The number of carbonyl (C=O) groups excluding carboxylic acids is 1. The Balaban J connectivity index is 1.77. The summed E-state index contributed by atoms with van der Waals surface area (Å²) in [7, 11) is 0. The lowest BCUT2D eigenvalue weighted by molar-refractivity contribution is -0.929. The van der Waals surface area contributed by atoms with Gasteiger partial charge >= 0.3 is 0 Å². The molecule has 1 saturated heterocycles. The molecule has 22 heavy (non-hydrogen) atoms. The number of fused-ring (bicyclic) bond motifs is 1. The van der Waals surface area contributed by atoms with Gasteiger partial charge in [0.2, 0.25) is 0 Å². The number of rotatable bonds is 4. The predicted octanol–water partition coefficient (Wildman–Crippen LogP) is 1.16. The highest BCUT2D eigenvalue weighted by atomic mass is 32.1. The van der Waals surface area contributed by atoms with E-state index in [1.165, 1.54) is 22.4 Å². The molecular weight excluding hydrogens is 294 g/mol. The Bertz CT molecular complexity index is 670. The molecule has 1 aliphatic heterocycles. The third kappa shape index (κ3) is 3.29. The number of hydrogen-bond acceptors (Lipinski definition) is 3. The Morgan fingerprint density at radius 1 is 1.45 bits per heavy atom. The molecular formula is C17H20N3OS+. The predicted molar refractivity (Wildman–Crippen MR) is 88.8 cm³/mol. The molecule has 1 aromatic carbocycles. The summed E-state index contributed by atoms with van der Waals surface area (Å²) in [6.07, 6.45) is 8.66. The second-order valence-electron chi connectivity index (χ2n) is 5.63. The number of nitrogens with zero attached hydrogens (tertiary/aromatic N) is 1. The molecule has 4 nitrogen and oxygen atoms in total. The SMILES string of the molecule is C#CCNC(=O)C[NH+]1CCCC[C@H]1c1nc2ccccc2s1. The average Bonchev–Trinajstić information content (AvgIpc) is 2.97. The van der Waals surface area contributed by atoms with Gasteiger partial charge in [0, 0.05) is 6.42 Å². The van der Waals surface area contributed by atoms with Crippen LogP contribution in [0.2, 0.25) is 0 Å². The summed E-state index contributed by atoms with van der Waals surface area (Å²) >= 11 is 1.76. The molecule has 0 radical (unpaired) electrons. The third-order valence-corrected chi connectivity index (χ3v) is 5.27. The molecule has 3 rings (SSSR count). The van der Waals surface area contributed by atoms with Gasteiger partial charge in [-0.1, -0.05) is 18.1 Å². The molecule has 1 amide bonds. The summed E-state index contributed by atoms with van der Waals surface area (Å²) in [6.45, 7) is 1.80. The van der Waals surface area contributed by atoms with E-state index in [-0.39, 0.29) is 5.91 Å². The lowest BCUT2D eigenvalue weighted by Gasteiger charge is -2.30. The van der Waals surface area contributed by atoms with Gasteiger partial charge in [0.15, 0.2) is 11.6 Å². The number of terminal acetylenes is 1. The second-order valence-corrected chi connectivity index (χ2v) is 6.70. The van der Waals surface area contributed by atoms with Crippen LogP contribution in [0.15, 0.2) is 24.3 Å². The van der Waals surface area contributed by atoms with Gasteiger partial charge in [0.1, 0.15) is 6.04 Å². The maximum Gasteiger partial charge on any atom is 0.275 e. The standard InChI is InChI=1S/C17H19N3OS/c1-2-10-18-16(21)12-20-11-6-5-8-14(20)17-19-13-7-3-4-9-15(13)22-17/h1,3-4,7,9,14H,5-6,8,10-12H2,(H,18,21)/p+1/t14-/m0/s1. The van der Waals surface area contributed by atoms with Crippen LogP contribution in [0.5, 0.6) is 0 Å². The Kier molecular flexibility index (Phi) is 4.71. The van der Waals surface area contributed by atoms with Gasteiger partial charge in [0.05, 0.1) is 23.3 Å². The van der Waals surface area contributed by atoms with E-state index in [4.69, 9.17) is 11.4 Å². The quantitative estimate of drug-likeness (QED) is 0.832. The minimum atomic E-state index is 0.0287. The first kappa shape index (κ1) is 15.0. The van der Waals surface area contributed by atoms with E-state index in [9.17, 15) is 4.79 Å². The van der Waals surface area contributed by atoms with E-state index >= 15 is 0 Å². The van der Waals surface area contributed by atoms with Crippen molar-refractivity contribution in [2.45, 2.75) is 25.3 Å². The van der Waals surface area contributed by atoms with Crippen LogP contribution in [-0.4, -0.2) is 30.5 Å². The van der Waals surface area contributed by atoms with Crippen LogP contribution in [0.4, 0.5) is 0 Å². The molecule has 0 aliphatic carbocycles. The topological polar surface area (TPSA) is 46.4 Å². The van der Waals surface area contributed by atoms with Crippen molar-refractivity contribution in [2.24, 2.45) is 0 Å². The van der Waals surface area contributed by atoms with E-state index in [1.807, 2.05) is 12.1 Å². The smallest absolute Gasteiger partial charge is 0.275 e. The van der Waals surface area contributed by atoms with Crippen molar-refractivity contribution in [1.29, 1.82) is 0 Å². The summed E-state index contributed by atoms with van der Waals surface area (Å²) in [6, 6.07) is 8.55. The molecule has 1 fully saturated rings. The van der Waals surface area contributed by atoms with Crippen LogP contribution in [0.3, 0.4) is 0 Å². The number of amides is 1. The highest BCUT2D eigenvalue weighted by molar-refractivity contribution is 7.18. The molecule has 5 heteroatoms. The summed E-state index contributed by atoms with van der Waals surface area (Å²) in [5.74, 6) is 2.47. The number of benzene rings is 1. The van der Waals surface area contributed by atoms with Gasteiger partial charge in [-0.2, -0.15) is 0 Å². The monoisotopic (exact) mass is 314 g/mol. The first-order valence-corrected chi connectivity index (χ1v) is 8.50. The maximum absolute atomic E-state index is 12.0. The molecule has 2 heterocycles. The van der Waals surface area contributed by atoms with E-state index in [1.54, 1.807) is 11.3 Å². The number of likely N-dealkylation sites (tertiary alicyclic amines) is 1. The number of piperidine rings is 1. The largest absolute Gasteiger partial charge is 0.340 e. The molecule has 1 unspecified atom stereocenters. The summed E-state index contributed by atoms with van der Waals surface area (Å²) in [5, 5.41) is 3.92. The lowest BCUT2D eigenvalue weighted by Crippen LogP contribution is -3.14. The zero-order valence-corrected chi connectivity index (χ0v) is 13.3. The first-order valence-electron chi connectivity index (χ1n) is 7.68. The number of hydrogen-bond donors (Lipinski definition) is 2. The van der Waals surface area contributed by atoms with Gasteiger partial charge in [0.25, 0.3) is 5.91 Å². The number of aromatic nitrogens is 1. The van der Waals surface area contributed by atoms with Gasteiger partial charge in [-0.3, -0.25) is 4.79 Å². The van der Waals surface area contributed by atoms with Crippen molar-refractivity contribution in [3.05, 3.63) is 29.3 Å². The fourth-order valence-corrected chi connectivity index (χ4v) is 4.21. The van der Waals surface area contributed by atoms with Crippen molar-refractivity contribution in [2.75, 3.05) is 19.6 Å². The highest BCUT2D eigenvalue weighted by Crippen LogP contribution is 2.28. The zero-order valence-electron chi connectivity index (χ0n) is 12.5.